The van der Waals surface area contributed by atoms with E-state index in [0.717, 1.165) is 18.7 Å². The van der Waals surface area contributed by atoms with Crippen LogP contribution in [-0.4, -0.2) is 6.54 Å². The van der Waals surface area contributed by atoms with Crippen molar-refractivity contribution in [3.8, 4) is 0 Å². The van der Waals surface area contributed by atoms with Gasteiger partial charge in [-0.25, -0.2) is 0 Å². The van der Waals surface area contributed by atoms with Crippen LogP contribution < -0.4 is 16.6 Å². The molecule has 64 valence electrons. The number of nitrogen functional groups attached to an aromatic ring is 1. The highest BCUT2D eigenvalue weighted by molar-refractivity contribution is 5.66. The van der Waals surface area contributed by atoms with Crippen molar-refractivity contribution in [1.82, 2.24) is 0 Å². The minimum absolute atomic E-state index is 1.04. The molecule has 3 nitrogen and oxygen atoms in total. The van der Waals surface area contributed by atoms with Crippen molar-refractivity contribution in [1.29, 1.82) is 0 Å². The van der Waals surface area contributed by atoms with Crippen LogP contribution in [-0.2, 0) is 6.42 Å². The molecular formula is C9H13N3. The molecule has 1 aromatic rings. The van der Waals surface area contributed by atoms with Gasteiger partial charge < -0.3 is 10.7 Å². The van der Waals surface area contributed by atoms with Crippen molar-refractivity contribution in [3.63, 3.8) is 0 Å². The molecule has 2 rings (SSSR count). The first-order valence-corrected chi connectivity index (χ1v) is 4.24. The first-order chi connectivity index (χ1) is 5.92. The third kappa shape index (κ3) is 1.12. The van der Waals surface area contributed by atoms with Crippen molar-refractivity contribution in [2.24, 2.45) is 5.84 Å². The molecule has 0 fully saturated rings. The van der Waals surface area contributed by atoms with E-state index in [1.807, 2.05) is 12.1 Å². The fourth-order valence-corrected chi connectivity index (χ4v) is 1.65. The van der Waals surface area contributed by atoms with E-state index in [1.54, 1.807) is 0 Å². The highest BCUT2D eigenvalue weighted by Gasteiger charge is 2.10. The van der Waals surface area contributed by atoms with Gasteiger partial charge in [-0.15, -0.1) is 0 Å². The van der Waals surface area contributed by atoms with E-state index in [-0.39, 0.29) is 0 Å². The molecule has 0 radical (unpaired) electrons. The van der Waals surface area contributed by atoms with Crippen LogP contribution >= 0.6 is 0 Å². The second-order valence-electron chi connectivity index (χ2n) is 3.01. The molecule has 1 aromatic carbocycles. The van der Waals surface area contributed by atoms with E-state index >= 15 is 0 Å². The van der Waals surface area contributed by atoms with Gasteiger partial charge in [0.15, 0.2) is 0 Å². The molecule has 0 unspecified atom stereocenters. The van der Waals surface area contributed by atoms with E-state index in [2.05, 4.69) is 16.8 Å². The summed E-state index contributed by atoms with van der Waals surface area (Å²) >= 11 is 0. The van der Waals surface area contributed by atoms with Crippen LogP contribution in [0.4, 0.5) is 11.4 Å². The van der Waals surface area contributed by atoms with Gasteiger partial charge in [-0.2, -0.15) is 0 Å². The number of hydrogen-bond donors (Lipinski definition) is 3. The van der Waals surface area contributed by atoms with Gasteiger partial charge in [-0.1, -0.05) is 6.07 Å². The maximum atomic E-state index is 5.40. The molecule has 3 heteroatoms. The highest BCUT2D eigenvalue weighted by Crippen LogP contribution is 2.27. The van der Waals surface area contributed by atoms with Gasteiger partial charge in [0.05, 0.1) is 5.69 Å². The molecular weight excluding hydrogens is 150 g/mol. The fraction of sp³-hybridized carbons (Fsp3) is 0.333. The Labute approximate surface area is 71.9 Å². The summed E-state index contributed by atoms with van der Waals surface area (Å²) < 4.78 is 0. The van der Waals surface area contributed by atoms with Crippen molar-refractivity contribution >= 4 is 11.4 Å². The van der Waals surface area contributed by atoms with Crippen molar-refractivity contribution in [2.45, 2.75) is 12.8 Å². The zero-order valence-electron chi connectivity index (χ0n) is 6.93. The molecule has 0 spiro atoms. The highest BCUT2D eigenvalue weighted by atomic mass is 15.2. The number of hydrazine groups is 1. The number of nitrogens with one attached hydrogen (secondary N) is 2. The van der Waals surface area contributed by atoms with E-state index in [1.165, 1.54) is 17.7 Å². The smallest absolute Gasteiger partial charge is 0.0537 e. The lowest BCUT2D eigenvalue weighted by Crippen LogP contribution is -2.16. The Kier molecular flexibility index (Phi) is 1.87. The van der Waals surface area contributed by atoms with Gasteiger partial charge in [0, 0.05) is 12.2 Å². The van der Waals surface area contributed by atoms with E-state index in [4.69, 9.17) is 5.84 Å². The Hall–Kier alpha value is -1.22. The maximum Gasteiger partial charge on any atom is 0.0537 e. The lowest BCUT2D eigenvalue weighted by atomic mass is 10.0. The Bertz CT molecular complexity index is 269. The summed E-state index contributed by atoms with van der Waals surface area (Å²) in [6, 6.07) is 6.10. The van der Waals surface area contributed by atoms with Crippen LogP contribution in [0.2, 0.25) is 0 Å². The minimum Gasteiger partial charge on any atom is -0.385 e. The summed E-state index contributed by atoms with van der Waals surface area (Å²) in [6.07, 6.45) is 2.30. The second kappa shape index (κ2) is 3.03. The number of rotatable bonds is 1. The predicted octanol–water partition coefficient (Wildman–Crippen LogP) is 1.33. The van der Waals surface area contributed by atoms with Gasteiger partial charge in [0.2, 0.25) is 0 Å². The van der Waals surface area contributed by atoms with Crippen molar-refractivity contribution < 1.29 is 0 Å². The van der Waals surface area contributed by atoms with Crippen LogP contribution in [0.3, 0.4) is 0 Å². The molecule has 0 aromatic heterocycles. The second-order valence-corrected chi connectivity index (χ2v) is 3.01. The normalized spacial score (nSPS) is 14.8. The van der Waals surface area contributed by atoms with Crippen molar-refractivity contribution in [2.75, 3.05) is 17.3 Å². The third-order valence-corrected chi connectivity index (χ3v) is 2.25. The van der Waals surface area contributed by atoms with Gasteiger partial charge >= 0.3 is 0 Å². The van der Waals surface area contributed by atoms with Gasteiger partial charge in [0.1, 0.15) is 0 Å². The topological polar surface area (TPSA) is 50.1 Å². The van der Waals surface area contributed by atoms with Crippen LogP contribution in [0.5, 0.6) is 0 Å². The lowest BCUT2D eigenvalue weighted by Gasteiger charge is -2.20. The molecule has 1 aliphatic heterocycles. The number of benzene rings is 1. The van der Waals surface area contributed by atoms with E-state index in [9.17, 15) is 0 Å². The molecule has 0 bridgehead atoms. The van der Waals surface area contributed by atoms with Crippen LogP contribution in [0.15, 0.2) is 18.2 Å². The lowest BCUT2D eigenvalue weighted by molar-refractivity contribution is 0.831. The van der Waals surface area contributed by atoms with Gasteiger partial charge in [-0.05, 0) is 30.5 Å². The zero-order valence-corrected chi connectivity index (χ0v) is 6.93. The quantitative estimate of drug-likeness (QED) is 0.432. The van der Waals surface area contributed by atoms with Crippen LogP contribution in [0.1, 0.15) is 12.0 Å². The maximum absolute atomic E-state index is 5.40. The van der Waals surface area contributed by atoms with Gasteiger partial charge in [0.25, 0.3) is 0 Å². The first-order valence-electron chi connectivity index (χ1n) is 4.24. The average Bonchev–Trinajstić information content (AvgIpc) is 2.17. The SMILES string of the molecule is NNc1cccc2c1CCCN2. The number of hydrogen-bond acceptors (Lipinski definition) is 3. The van der Waals surface area contributed by atoms with Gasteiger partial charge in [-0.3, -0.25) is 5.84 Å². The number of anilines is 2. The third-order valence-electron chi connectivity index (χ3n) is 2.25. The minimum atomic E-state index is 1.04. The number of fused-ring (bicyclic) bond motifs is 1. The van der Waals surface area contributed by atoms with Crippen molar-refractivity contribution in [3.05, 3.63) is 23.8 Å². The molecule has 0 aliphatic carbocycles. The average molecular weight is 163 g/mol. The first kappa shape index (κ1) is 7.43. The Morgan fingerprint density at radius 1 is 1.42 bits per heavy atom. The molecule has 0 atom stereocenters. The van der Waals surface area contributed by atoms with E-state index in [0.29, 0.717) is 0 Å². The fourth-order valence-electron chi connectivity index (χ4n) is 1.65. The molecule has 0 amide bonds. The van der Waals surface area contributed by atoms with E-state index < -0.39 is 0 Å². The molecule has 0 saturated heterocycles. The summed E-state index contributed by atoms with van der Waals surface area (Å²) in [7, 11) is 0. The molecule has 0 saturated carbocycles. The zero-order chi connectivity index (χ0) is 8.39. The Balaban J connectivity index is 2.44. The molecule has 1 aliphatic rings. The summed E-state index contributed by atoms with van der Waals surface area (Å²) in [5.74, 6) is 5.40. The molecule has 4 N–H and O–H groups in total. The van der Waals surface area contributed by atoms with Crippen LogP contribution in [0.25, 0.3) is 0 Å². The van der Waals surface area contributed by atoms with Crippen LogP contribution in [0, 0.1) is 0 Å². The number of nitrogens with two attached hydrogens (primary N) is 1. The summed E-state index contributed by atoms with van der Waals surface area (Å²) in [5, 5.41) is 3.34. The monoisotopic (exact) mass is 163 g/mol. The Morgan fingerprint density at radius 2 is 2.33 bits per heavy atom. The summed E-state index contributed by atoms with van der Waals surface area (Å²) in [5.41, 5.74) is 6.29. The molecule has 1 heterocycles. The summed E-state index contributed by atoms with van der Waals surface area (Å²) in [6.45, 7) is 1.07. The largest absolute Gasteiger partial charge is 0.385 e. The summed E-state index contributed by atoms with van der Waals surface area (Å²) in [4.78, 5) is 0. The predicted molar refractivity (Wildman–Crippen MR) is 51.1 cm³/mol. The molecule has 12 heavy (non-hydrogen) atoms. The standard InChI is InChI=1S/C9H13N3/c10-12-9-5-1-4-8-7(9)3-2-6-11-8/h1,4-5,11-12H,2-3,6,10H2. The Morgan fingerprint density at radius 3 is 3.17 bits per heavy atom.